The van der Waals surface area contributed by atoms with Crippen LogP contribution in [-0.2, 0) is 24.1 Å². The Hall–Kier alpha value is -6.80. The maximum atomic E-state index is 14.2. The van der Waals surface area contributed by atoms with Crippen LogP contribution in [0.2, 0.25) is 0 Å². The number of hydrogen-bond donors (Lipinski definition) is 3. The second-order valence-electron chi connectivity index (χ2n) is 16.0. The molecule has 2 aliphatic heterocycles. The summed E-state index contributed by atoms with van der Waals surface area (Å²) in [6.07, 6.45) is 5.91. The van der Waals surface area contributed by atoms with Gasteiger partial charge in [-0.3, -0.25) is 9.59 Å². The van der Waals surface area contributed by atoms with Crippen molar-refractivity contribution < 1.29 is 28.9 Å². The number of fused-ring (bicyclic) bond motifs is 3. The van der Waals surface area contributed by atoms with Crippen LogP contribution >= 0.6 is 0 Å². The zero-order chi connectivity index (χ0) is 40.9. The van der Waals surface area contributed by atoms with E-state index < -0.39 is 18.2 Å². The molecule has 0 spiro atoms. The Labute approximate surface area is 345 Å². The van der Waals surface area contributed by atoms with Gasteiger partial charge in [-0.15, -0.1) is 0 Å². The van der Waals surface area contributed by atoms with E-state index in [0.717, 1.165) is 76.3 Å². The van der Waals surface area contributed by atoms with E-state index in [-0.39, 0.29) is 36.0 Å². The van der Waals surface area contributed by atoms with Crippen LogP contribution in [0, 0.1) is 11.8 Å². The molecule has 0 bridgehead atoms. The predicted molar refractivity (Wildman–Crippen MR) is 222 cm³/mol. The Morgan fingerprint density at radius 3 is 2.07 bits per heavy atom. The van der Waals surface area contributed by atoms with Crippen molar-refractivity contribution in [3.8, 4) is 22.4 Å². The summed E-state index contributed by atoms with van der Waals surface area (Å²) in [4.78, 5) is 75.5. The van der Waals surface area contributed by atoms with E-state index in [1.54, 1.807) is 0 Å². The lowest BCUT2D eigenvalue weighted by atomic mass is 10.0. The summed E-state index contributed by atoms with van der Waals surface area (Å²) in [5.41, 5.74) is 7.07. The fraction of sp³-hybridized carbons (Fsp3) is 0.304. The number of methoxy groups -OCH3 is 1. The van der Waals surface area contributed by atoms with Crippen LogP contribution in [0.3, 0.4) is 0 Å². The molecule has 3 amide bonds. The van der Waals surface area contributed by atoms with E-state index in [1.807, 2.05) is 82.7 Å². The van der Waals surface area contributed by atoms with Gasteiger partial charge < -0.3 is 34.7 Å². The first-order chi connectivity index (χ1) is 29.4. The summed E-state index contributed by atoms with van der Waals surface area (Å²) in [6.45, 7) is 0. The molecular formula is C46H44N8O6. The number of rotatable bonds is 12. The van der Waals surface area contributed by atoms with E-state index >= 15 is 0 Å². The number of aromatic amines is 2. The number of imidazole rings is 2. The fourth-order valence-electron chi connectivity index (χ4n) is 9.35. The molecule has 10 rings (SSSR count). The van der Waals surface area contributed by atoms with Crippen molar-refractivity contribution in [1.29, 1.82) is 0 Å². The van der Waals surface area contributed by atoms with Gasteiger partial charge in [-0.2, -0.15) is 4.89 Å². The maximum absolute atomic E-state index is 14.2. The van der Waals surface area contributed by atoms with Gasteiger partial charge in [-0.1, -0.05) is 91.0 Å². The lowest BCUT2D eigenvalue weighted by Crippen LogP contribution is -2.44. The van der Waals surface area contributed by atoms with Crippen LogP contribution in [0.5, 0.6) is 0 Å². The van der Waals surface area contributed by atoms with E-state index in [1.165, 1.54) is 20.6 Å². The topological polar surface area (TPSA) is 167 Å². The van der Waals surface area contributed by atoms with Crippen molar-refractivity contribution in [2.75, 3.05) is 14.2 Å². The number of nitrogens with one attached hydrogen (secondary N) is 3. The summed E-state index contributed by atoms with van der Waals surface area (Å²) >= 11 is 0. The third kappa shape index (κ3) is 6.96. The second kappa shape index (κ2) is 15.4. The minimum Gasteiger partial charge on any atom is -0.453 e. The van der Waals surface area contributed by atoms with Crippen molar-refractivity contribution in [2.45, 2.75) is 61.9 Å². The first-order valence-corrected chi connectivity index (χ1v) is 20.3. The minimum absolute atomic E-state index is 0.0897. The minimum atomic E-state index is -0.873. The molecule has 2 saturated carbocycles. The third-order valence-electron chi connectivity index (χ3n) is 12.5. The molecule has 14 nitrogen and oxygen atoms in total. The molecule has 60 heavy (non-hydrogen) atoms. The van der Waals surface area contributed by atoms with Crippen LogP contribution in [0.4, 0.5) is 4.79 Å². The molecular weight excluding hydrogens is 761 g/mol. The van der Waals surface area contributed by atoms with Gasteiger partial charge in [0.2, 0.25) is 6.40 Å². The number of hydrogen-bond acceptors (Lipinski definition) is 9. The summed E-state index contributed by atoms with van der Waals surface area (Å²) in [5.74, 6) is 2.08. The number of carbonyl (C=O) groups excluding carboxylic acids is 3. The van der Waals surface area contributed by atoms with Crippen molar-refractivity contribution >= 4 is 35.3 Å². The molecule has 2 saturated heterocycles. The quantitative estimate of drug-likeness (QED) is 0.0499. The van der Waals surface area contributed by atoms with Crippen LogP contribution in [0.1, 0.15) is 72.6 Å². The Bertz CT molecular complexity index is 2580. The SMILES string of the molecule is COO/C=N\[C@@H](C(=O)N1[C@@H]2C[C@@H]2C[C@H]1c1nc2cc(-c3ccc(-c4cnc([C@@H]5C[C@H]6C[C@H]6N5C(=O)[C@H](NC(=O)OC)c5ccccc5)[nH]4)cc3)ccc2[nH]1)c1ccccc1. The van der Waals surface area contributed by atoms with Gasteiger partial charge in [-0.25, -0.2) is 19.8 Å². The maximum Gasteiger partial charge on any atom is 0.407 e. The van der Waals surface area contributed by atoms with Crippen LogP contribution in [0.25, 0.3) is 33.4 Å². The number of H-pyrrole nitrogens is 2. The molecule has 8 atom stereocenters. The van der Waals surface area contributed by atoms with Gasteiger partial charge in [0, 0.05) is 12.1 Å². The van der Waals surface area contributed by atoms with Crippen LogP contribution in [-0.4, -0.2) is 80.3 Å². The van der Waals surface area contributed by atoms with Gasteiger partial charge in [0.05, 0.1) is 49.2 Å². The zero-order valence-electron chi connectivity index (χ0n) is 33.1. The number of alkyl carbamates (subject to hydrolysis) is 1. The molecule has 14 heteroatoms. The molecule has 4 aliphatic rings. The molecule has 4 fully saturated rings. The lowest BCUT2D eigenvalue weighted by molar-refractivity contribution is -0.188. The molecule has 0 radical (unpaired) electrons. The number of ether oxygens (including phenoxy) is 1. The standard InChI is InChI=1S/C46H44N8O6/c1-58-46(57)52-41(29-11-7-4-8-12-29)45(56)53-36-20-31(36)22-38(53)42-47-24-35(51-42)27-15-13-26(14-16-27)30-17-18-33-34(19-30)50-43(49-33)39-23-32-21-37(32)54(39)44(55)40(48-25-60-59-2)28-9-5-3-6-10-28/h3-19,24-25,31-32,36-41H,20-23H2,1-2H3,(H,47,51)(H,49,50)(H,52,57)/b48-25-/t31-,32-,36-,37-,38+,39+,40-,41-/m1/s1. The van der Waals surface area contributed by atoms with Gasteiger partial charge >= 0.3 is 6.09 Å². The Morgan fingerprint density at radius 2 is 1.38 bits per heavy atom. The average molecular weight is 805 g/mol. The van der Waals surface area contributed by atoms with Gasteiger partial charge in [0.15, 0.2) is 6.04 Å². The van der Waals surface area contributed by atoms with Crippen molar-refractivity contribution in [1.82, 2.24) is 35.1 Å². The van der Waals surface area contributed by atoms with Crippen LogP contribution in [0.15, 0.2) is 114 Å². The Morgan fingerprint density at radius 1 is 0.750 bits per heavy atom. The number of nitrogens with zero attached hydrogens (tertiary/aromatic N) is 5. The molecule has 3 N–H and O–H groups in total. The predicted octanol–water partition coefficient (Wildman–Crippen LogP) is 7.39. The van der Waals surface area contributed by atoms with Gasteiger partial charge in [0.25, 0.3) is 11.8 Å². The van der Waals surface area contributed by atoms with Gasteiger partial charge in [-0.05, 0) is 77.5 Å². The summed E-state index contributed by atoms with van der Waals surface area (Å²) < 4.78 is 4.87. The Kier molecular flexibility index (Phi) is 9.63. The van der Waals surface area contributed by atoms with Gasteiger partial charge in [0.1, 0.15) is 17.7 Å². The largest absolute Gasteiger partial charge is 0.453 e. The first-order valence-electron chi connectivity index (χ1n) is 20.3. The monoisotopic (exact) mass is 804 g/mol. The van der Waals surface area contributed by atoms with Crippen LogP contribution < -0.4 is 5.32 Å². The molecule has 0 unspecified atom stereocenters. The third-order valence-corrected chi connectivity index (χ3v) is 12.5. The number of amides is 3. The molecule has 2 aliphatic carbocycles. The number of likely N-dealkylation sites (tertiary alicyclic amines) is 2. The number of carbonyl (C=O) groups is 3. The molecule has 4 aromatic carbocycles. The molecule has 304 valence electrons. The van der Waals surface area contributed by atoms with E-state index in [4.69, 9.17) is 24.5 Å². The van der Waals surface area contributed by atoms with E-state index in [9.17, 15) is 14.4 Å². The molecule has 2 aromatic heterocycles. The Balaban J connectivity index is 0.857. The van der Waals surface area contributed by atoms with E-state index in [0.29, 0.717) is 17.4 Å². The van der Waals surface area contributed by atoms with Crippen molar-refractivity contribution in [2.24, 2.45) is 16.8 Å². The second-order valence-corrected chi connectivity index (χ2v) is 16.0. The normalized spacial score (nSPS) is 23.6. The smallest absolute Gasteiger partial charge is 0.407 e. The number of benzene rings is 4. The summed E-state index contributed by atoms with van der Waals surface area (Å²) in [6, 6.07) is 31.4. The van der Waals surface area contributed by atoms with Crippen molar-refractivity contribution in [3.63, 3.8) is 0 Å². The first kappa shape index (κ1) is 37.5. The highest BCUT2D eigenvalue weighted by atomic mass is 17.2. The lowest BCUT2D eigenvalue weighted by Gasteiger charge is -2.30. The molecule has 4 heterocycles. The fourth-order valence-corrected chi connectivity index (χ4v) is 9.35. The average Bonchev–Trinajstić information content (AvgIpc) is 3.91. The highest BCUT2D eigenvalue weighted by Gasteiger charge is 2.57. The number of piperidine rings is 2. The molecule has 6 aromatic rings. The number of aromatic nitrogens is 4. The van der Waals surface area contributed by atoms with Crippen molar-refractivity contribution in [3.05, 3.63) is 132 Å². The number of aliphatic imine (C=N–C) groups is 1. The summed E-state index contributed by atoms with van der Waals surface area (Å²) in [5, 5.41) is 2.76. The van der Waals surface area contributed by atoms with E-state index in [2.05, 4.69) is 56.7 Å². The highest BCUT2D eigenvalue weighted by molar-refractivity contribution is 5.89. The highest BCUT2D eigenvalue weighted by Crippen LogP contribution is 2.55. The zero-order valence-corrected chi connectivity index (χ0v) is 33.1. The summed E-state index contributed by atoms with van der Waals surface area (Å²) in [7, 11) is 2.69.